The first-order chi connectivity index (χ1) is 9.78. The van der Waals surface area contributed by atoms with Crippen LogP contribution in [0.1, 0.15) is 18.9 Å². The molecule has 2 aromatic rings. The third-order valence-electron chi connectivity index (χ3n) is 3.47. The largest absolute Gasteiger partial charge is 0.497 e. The second-order valence-electron chi connectivity index (χ2n) is 4.94. The van der Waals surface area contributed by atoms with E-state index in [4.69, 9.17) is 9.47 Å². The number of imidazole rings is 1. The Morgan fingerprint density at radius 2 is 1.85 bits per heavy atom. The van der Waals surface area contributed by atoms with E-state index in [0.717, 1.165) is 24.3 Å². The van der Waals surface area contributed by atoms with Gasteiger partial charge in [-0.25, -0.2) is 4.79 Å². The minimum absolute atomic E-state index is 0.0610. The van der Waals surface area contributed by atoms with Crippen molar-refractivity contribution in [3.8, 4) is 11.5 Å². The zero-order valence-electron chi connectivity index (χ0n) is 11.5. The van der Waals surface area contributed by atoms with E-state index < -0.39 is 0 Å². The van der Waals surface area contributed by atoms with E-state index in [9.17, 15) is 4.79 Å². The topological polar surface area (TPSA) is 45.4 Å². The van der Waals surface area contributed by atoms with Crippen molar-refractivity contribution < 1.29 is 9.47 Å². The molecule has 0 N–H and O–H groups in total. The zero-order chi connectivity index (χ0) is 13.9. The van der Waals surface area contributed by atoms with Gasteiger partial charge in [0.05, 0.1) is 13.7 Å². The van der Waals surface area contributed by atoms with Gasteiger partial charge in [-0.15, -0.1) is 0 Å². The lowest BCUT2D eigenvalue weighted by Crippen LogP contribution is -2.25. The highest BCUT2D eigenvalue weighted by Gasteiger charge is 2.25. The molecule has 0 unspecified atom stereocenters. The van der Waals surface area contributed by atoms with Crippen LogP contribution in [0.3, 0.4) is 0 Å². The Kier molecular flexibility index (Phi) is 3.50. The van der Waals surface area contributed by atoms with Crippen molar-refractivity contribution >= 4 is 0 Å². The second-order valence-corrected chi connectivity index (χ2v) is 4.94. The van der Waals surface area contributed by atoms with E-state index in [0.29, 0.717) is 19.2 Å². The summed E-state index contributed by atoms with van der Waals surface area (Å²) in [7, 11) is 1.63. The van der Waals surface area contributed by atoms with Gasteiger partial charge in [0.2, 0.25) is 0 Å². The number of hydrogen-bond acceptors (Lipinski definition) is 3. The lowest BCUT2D eigenvalue weighted by Gasteiger charge is -2.07. The van der Waals surface area contributed by atoms with Crippen molar-refractivity contribution in [2.45, 2.75) is 25.4 Å². The van der Waals surface area contributed by atoms with Gasteiger partial charge < -0.3 is 9.47 Å². The lowest BCUT2D eigenvalue weighted by atomic mass is 10.3. The minimum atomic E-state index is 0.0610. The van der Waals surface area contributed by atoms with E-state index in [-0.39, 0.29) is 5.69 Å². The summed E-state index contributed by atoms with van der Waals surface area (Å²) < 4.78 is 14.2. The molecule has 0 saturated heterocycles. The molecule has 0 amide bonds. The maximum absolute atomic E-state index is 12.0. The number of benzene rings is 1. The molecule has 0 spiro atoms. The average Bonchev–Trinajstić information content (AvgIpc) is 3.25. The van der Waals surface area contributed by atoms with Crippen molar-refractivity contribution in [3.63, 3.8) is 0 Å². The van der Waals surface area contributed by atoms with Crippen LogP contribution in [-0.4, -0.2) is 22.9 Å². The molecule has 1 aromatic carbocycles. The highest BCUT2D eigenvalue weighted by Crippen LogP contribution is 2.33. The molecule has 1 aliphatic rings. The molecule has 20 heavy (non-hydrogen) atoms. The fourth-order valence-corrected chi connectivity index (χ4v) is 2.16. The van der Waals surface area contributed by atoms with Gasteiger partial charge in [0.1, 0.15) is 18.1 Å². The first-order valence-electron chi connectivity index (χ1n) is 6.82. The summed E-state index contributed by atoms with van der Waals surface area (Å²) in [6, 6.07) is 7.84. The van der Waals surface area contributed by atoms with E-state index in [1.807, 2.05) is 41.2 Å². The highest BCUT2D eigenvalue weighted by molar-refractivity contribution is 5.31. The molecule has 1 aromatic heterocycles. The minimum Gasteiger partial charge on any atom is -0.497 e. The predicted octanol–water partition coefficient (Wildman–Crippen LogP) is 2.07. The van der Waals surface area contributed by atoms with Crippen molar-refractivity contribution in [1.82, 2.24) is 9.13 Å². The summed E-state index contributed by atoms with van der Waals surface area (Å²) >= 11 is 0. The standard InChI is InChI=1S/C15H18N2O3/c1-19-13-4-6-14(7-5-13)20-11-10-16-8-9-17(15(16)18)12-2-3-12/h4-9,12H,2-3,10-11H2,1H3. The zero-order valence-corrected chi connectivity index (χ0v) is 11.5. The van der Waals surface area contributed by atoms with Crippen LogP contribution in [0.2, 0.25) is 0 Å². The Balaban J connectivity index is 1.55. The van der Waals surface area contributed by atoms with Crippen molar-refractivity contribution in [2.75, 3.05) is 13.7 Å². The van der Waals surface area contributed by atoms with E-state index in [1.54, 1.807) is 11.7 Å². The summed E-state index contributed by atoms with van der Waals surface area (Å²) in [6.07, 6.45) is 5.93. The van der Waals surface area contributed by atoms with Gasteiger partial charge >= 0.3 is 5.69 Å². The maximum Gasteiger partial charge on any atom is 0.328 e. The number of nitrogens with zero attached hydrogens (tertiary/aromatic N) is 2. The molecule has 0 atom stereocenters. The quantitative estimate of drug-likeness (QED) is 0.810. The van der Waals surface area contributed by atoms with Gasteiger partial charge in [-0.1, -0.05) is 0 Å². The van der Waals surface area contributed by atoms with Gasteiger partial charge in [0, 0.05) is 18.4 Å². The van der Waals surface area contributed by atoms with Crippen molar-refractivity contribution in [2.24, 2.45) is 0 Å². The first kappa shape index (κ1) is 12.8. The molecule has 5 nitrogen and oxygen atoms in total. The van der Waals surface area contributed by atoms with Crippen LogP contribution >= 0.6 is 0 Å². The molecule has 1 heterocycles. The molecule has 1 fully saturated rings. The molecular formula is C15H18N2O3. The fourth-order valence-electron chi connectivity index (χ4n) is 2.16. The van der Waals surface area contributed by atoms with Crippen LogP contribution < -0.4 is 15.2 Å². The van der Waals surface area contributed by atoms with E-state index in [2.05, 4.69) is 0 Å². The van der Waals surface area contributed by atoms with Crippen molar-refractivity contribution in [3.05, 3.63) is 47.1 Å². The third-order valence-corrected chi connectivity index (χ3v) is 3.47. The fraction of sp³-hybridized carbons (Fsp3) is 0.400. The summed E-state index contributed by atoms with van der Waals surface area (Å²) in [4.78, 5) is 12.0. The molecule has 0 aliphatic heterocycles. The second kappa shape index (κ2) is 5.45. The molecule has 106 valence electrons. The van der Waals surface area contributed by atoms with Crippen LogP contribution in [0.15, 0.2) is 41.5 Å². The van der Waals surface area contributed by atoms with Gasteiger partial charge in [-0.2, -0.15) is 0 Å². The summed E-state index contributed by atoms with van der Waals surface area (Å²) in [5.74, 6) is 1.58. The highest BCUT2D eigenvalue weighted by atomic mass is 16.5. The molecule has 5 heteroatoms. The number of hydrogen-bond donors (Lipinski definition) is 0. The van der Waals surface area contributed by atoms with Crippen LogP contribution in [0, 0.1) is 0 Å². The van der Waals surface area contributed by atoms with Crippen LogP contribution in [0.25, 0.3) is 0 Å². The first-order valence-corrected chi connectivity index (χ1v) is 6.82. The Hall–Kier alpha value is -2.17. The molecule has 3 rings (SSSR count). The molecule has 0 bridgehead atoms. The number of aromatic nitrogens is 2. The third kappa shape index (κ3) is 2.71. The summed E-state index contributed by atoms with van der Waals surface area (Å²) in [6.45, 7) is 1.03. The molecular weight excluding hydrogens is 256 g/mol. The van der Waals surface area contributed by atoms with Gasteiger partial charge in [-0.3, -0.25) is 9.13 Å². The monoisotopic (exact) mass is 274 g/mol. The summed E-state index contributed by atoms with van der Waals surface area (Å²) in [5, 5.41) is 0. The maximum atomic E-state index is 12.0. The number of rotatable bonds is 6. The number of ether oxygens (including phenoxy) is 2. The van der Waals surface area contributed by atoms with Crippen molar-refractivity contribution in [1.29, 1.82) is 0 Å². The average molecular weight is 274 g/mol. The smallest absolute Gasteiger partial charge is 0.328 e. The van der Waals surface area contributed by atoms with Gasteiger partial charge in [0.15, 0.2) is 0 Å². The molecule has 0 radical (unpaired) electrons. The SMILES string of the molecule is COc1ccc(OCCn2ccn(C3CC3)c2=O)cc1. The van der Waals surface area contributed by atoms with Crippen LogP contribution in [0.4, 0.5) is 0 Å². The molecule has 1 saturated carbocycles. The van der Waals surface area contributed by atoms with E-state index >= 15 is 0 Å². The van der Waals surface area contributed by atoms with E-state index in [1.165, 1.54) is 0 Å². The Labute approximate surface area is 117 Å². The normalized spacial score (nSPS) is 14.2. The Morgan fingerprint density at radius 3 is 2.50 bits per heavy atom. The van der Waals surface area contributed by atoms with Crippen LogP contribution in [-0.2, 0) is 6.54 Å². The lowest BCUT2D eigenvalue weighted by molar-refractivity contribution is 0.295. The Morgan fingerprint density at radius 1 is 1.15 bits per heavy atom. The van der Waals surface area contributed by atoms with Gasteiger partial charge in [0.25, 0.3) is 0 Å². The van der Waals surface area contributed by atoms with Crippen LogP contribution in [0.5, 0.6) is 11.5 Å². The molecule has 1 aliphatic carbocycles. The summed E-state index contributed by atoms with van der Waals surface area (Å²) in [5.41, 5.74) is 0.0610. The number of methoxy groups -OCH3 is 1. The predicted molar refractivity (Wildman–Crippen MR) is 75.5 cm³/mol. The van der Waals surface area contributed by atoms with Gasteiger partial charge in [-0.05, 0) is 37.1 Å². The Bertz CT molecular complexity index is 623.